The molecular formula is C18H15N3OS3. The number of amides is 1. The van der Waals surface area contributed by atoms with E-state index >= 15 is 0 Å². The van der Waals surface area contributed by atoms with Crippen molar-refractivity contribution in [3.8, 4) is 0 Å². The number of aromatic nitrogens is 2. The van der Waals surface area contributed by atoms with E-state index in [-0.39, 0.29) is 5.91 Å². The van der Waals surface area contributed by atoms with Gasteiger partial charge in [-0.15, -0.1) is 11.3 Å². The zero-order chi connectivity index (χ0) is 17.6. The van der Waals surface area contributed by atoms with Crippen LogP contribution in [0.25, 0.3) is 20.4 Å². The topological polar surface area (TPSA) is 54.9 Å². The van der Waals surface area contributed by atoms with Crippen LogP contribution in [0.15, 0.2) is 34.7 Å². The Morgan fingerprint density at radius 2 is 1.72 bits per heavy atom. The molecule has 0 aliphatic carbocycles. The van der Waals surface area contributed by atoms with Gasteiger partial charge >= 0.3 is 0 Å². The molecule has 4 rings (SSSR count). The summed E-state index contributed by atoms with van der Waals surface area (Å²) in [5.41, 5.74) is 4.80. The maximum absolute atomic E-state index is 12.5. The molecule has 0 fully saturated rings. The number of hydrogen-bond acceptors (Lipinski definition) is 6. The molecule has 2 aromatic carbocycles. The highest BCUT2D eigenvalue weighted by Crippen LogP contribution is 2.38. The minimum atomic E-state index is -0.132. The summed E-state index contributed by atoms with van der Waals surface area (Å²) in [6.45, 7) is 4.04. The lowest BCUT2D eigenvalue weighted by molar-refractivity contribution is 0.102. The Balaban J connectivity index is 1.69. The van der Waals surface area contributed by atoms with E-state index < -0.39 is 0 Å². The van der Waals surface area contributed by atoms with Crippen LogP contribution in [0, 0.1) is 13.8 Å². The molecule has 0 aliphatic rings. The van der Waals surface area contributed by atoms with Gasteiger partial charge in [-0.25, -0.2) is 9.97 Å². The molecule has 0 atom stereocenters. The number of thioether (sulfide) groups is 1. The van der Waals surface area contributed by atoms with Gasteiger partial charge in [0.05, 0.1) is 20.4 Å². The highest BCUT2D eigenvalue weighted by Gasteiger charge is 2.14. The SMILES string of the molecule is CSc1nc2ccc3nc(NC(=O)c4ccc(C)c(C)c4)sc3c2s1. The number of hydrogen-bond donors (Lipinski definition) is 1. The van der Waals surface area contributed by atoms with Crippen LogP contribution in [-0.2, 0) is 0 Å². The third kappa shape index (κ3) is 3.03. The molecule has 7 heteroatoms. The average molecular weight is 386 g/mol. The van der Waals surface area contributed by atoms with Crippen LogP contribution < -0.4 is 5.32 Å². The summed E-state index contributed by atoms with van der Waals surface area (Å²) >= 11 is 4.81. The van der Waals surface area contributed by atoms with Gasteiger partial charge in [-0.1, -0.05) is 29.2 Å². The molecule has 0 unspecified atom stereocenters. The predicted octanol–water partition coefficient (Wildman–Crippen LogP) is 5.50. The Morgan fingerprint density at radius 3 is 2.44 bits per heavy atom. The van der Waals surface area contributed by atoms with E-state index in [1.165, 1.54) is 16.9 Å². The predicted molar refractivity (Wildman–Crippen MR) is 108 cm³/mol. The third-order valence-electron chi connectivity index (χ3n) is 4.06. The lowest BCUT2D eigenvalue weighted by atomic mass is 10.1. The second kappa shape index (κ2) is 6.40. The van der Waals surface area contributed by atoms with Gasteiger partial charge in [-0.3, -0.25) is 10.1 Å². The normalized spacial score (nSPS) is 11.3. The highest BCUT2D eigenvalue weighted by atomic mass is 32.2. The molecule has 0 aliphatic heterocycles. The van der Waals surface area contributed by atoms with E-state index in [1.807, 2.05) is 50.4 Å². The van der Waals surface area contributed by atoms with E-state index in [4.69, 9.17) is 0 Å². The van der Waals surface area contributed by atoms with Gasteiger partial charge in [0.1, 0.15) is 0 Å². The Hall–Kier alpha value is -1.96. The molecule has 25 heavy (non-hydrogen) atoms. The molecule has 0 radical (unpaired) electrons. The molecule has 1 N–H and O–H groups in total. The number of aryl methyl sites for hydroxylation is 2. The Bertz CT molecular complexity index is 1110. The fourth-order valence-corrected chi connectivity index (χ4v) is 5.20. The number of thiazole rings is 2. The lowest BCUT2D eigenvalue weighted by Crippen LogP contribution is -2.11. The second-order valence-corrected chi connectivity index (χ2v) is 8.77. The van der Waals surface area contributed by atoms with Crippen molar-refractivity contribution >= 4 is 65.9 Å². The van der Waals surface area contributed by atoms with E-state index in [9.17, 15) is 4.79 Å². The summed E-state index contributed by atoms with van der Waals surface area (Å²) in [4.78, 5) is 21.7. The van der Waals surface area contributed by atoms with E-state index in [0.29, 0.717) is 10.7 Å². The van der Waals surface area contributed by atoms with Gasteiger partial charge < -0.3 is 0 Å². The average Bonchev–Trinajstić information content (AvgIpc) is 3.19. The summed E-state index contributed by atoms with van der Waals surface area (Å²) in [6.07, 6.45) is 2.02. The van der Waals surface area contributed by atoms with E-state index in [1.54, 1.807) is 23.1 Å². The summed E-state index contributed by atoms with van der Waals surface area (Å²) in [5, 5.41) is 3.54. The Morgan fingerprint density at radius 1 is 1.00 bits per heavy atom. The van der Waals surface area contributed by atoms with Crippen molar-refractivity contribution in [2.45, 2.75) is 18.2 Å². The molecule has 2 heterocycles. The van der Waals surface area contributed by atoms with Gasteiger partial charge in [0.15, 0.2) is 9.47 Å². The van der Waals surface area contributed by atoms with Crippen molar-refractivity contribution in [2.24, 2.45) is 0 Å². The number of benzene rings is 2. The highest BCUT2D eigenvalue weighted by molar-refractivity contribution is 8.00. The number of anilines is 1. The summed E-state index contributed by atoms with van der Waals surface area (Å²) in [5.74, 6) is -0.132. The molecule has 0 bridgehead atoms. The van der Waals surface area contributed by atoms with E-state index in [2.05, 4.69) is 15.3 Å². The first-order valence-electron chi connectivity index (χ1n) is 7.68. The number of fused-ring (bicyclic) bond motifs is 3. The standard InChI is InChI=1S/C18H15N3OS3/c1-9-4-5-11(8-10(9)2)16(22)21-17-19-12-6-7-13-15(14(12)24-17)25-18(20-13)23-3/h4-8H,1-3H3,(H,19,21,22). The van der Waals surface area contributed by atoms with Crippen molar-refractivity contribution in [1.82, 2.24) is 9.97 Å². The van der Waals surface area contributed by atoms with Gasteiger partial charge in [-0.05, 0) is 55.5 Å². The van der Waals surface area contributed by atoms with Crippen LogP contribution in [0.1, 0.15) is 21.5 Å². The van der Waals surface area contributed by atoms with Crippen LogP contribution in [0.4, 0.5) is 5.13 Å². The fourth-order valence-electron chi connectivity index (χ4n) is 2.55. The maximum atomic E-state index is 12.5. The number of nitrogens with zero attached hydrogens (tertiary/aromatic N) is 2. The summed E-state index contributed by atoms with van der Waals surface area (Å²) in [6, 6.07) is 9.67. The van der Waals surface area contributed by atoms with Crippen LogP contribution in [0.5, 0.6) is 0 Å². The first-order valence-corrected chi connectivity index (χ1v) is 10.5. The third-order valence-corrected chi connectivity index (χ3v) is 7.26. The molecule has 0 saturated carbocycles. The van der Waals surface area contributed by atoms with Gasteiger partial charge in [0.25, 0.3) is 5.91 Å². The minimum Gasteiger partial charge on any atom is -0.298 e. The zero-order valence-corrected chi connectivity index (χ0v) is 16.4. The van der Waals surface area contributed by atoms with Crippen LogP contribution in [0.2, 0.25) is 0 Å². The molecule has 1 amide bonds. The maximum Gasteiger partial charge on any atom is 0.257 e. The summed E-state index contributed by atoms with van der Waals surface area (Å²) in [7, 11) is 0. The van der Waals surface area contributed by atoms with Gasteiger partial charge in [0.2, 0.25) is 0 Å². The number of rotatable bonds is 3. The molecular weight excluding hydrogens is 370 g/mol. The van der Waals surface area contributed by atoms with Crippen molar-refractivity contribution in [2.75, 3.05) is 11.6 Å². The van der Waals surface area contributed by atoms with Crippen LogP contribution in [0.3, 0.4) is 0 Å². The Labute approximate surface area is 157 Å². The molecule has 0 spiro atoms. The van der Waals surface area contributed by atoms with Crippen LogP contribution >= 0.6 is 34.4 Å². The zero-order valence-electron chi connectivity index (χ0n) is 13.9. The number of carbonyl (C=O) groups excluding carboxylic acids is 1. The van der Waals surface area contributed by atoms with Crippen molar-refractivity contribution in [1.29, 1.82) is 0 Å². The summed E-state index contributed by atoms with van der Waals surface area (Å²) < 4.78 is 3.24. The molecule has 126 valence electrons. The quantitative estimate of drug-likeness (QED) is 0.473. The van der Waals surface area contributed by atoms with Gasteiger partial charge in [0, 0.05) is 5.56 Å². The smallest absolute Gasteiger partial charge is 0.257 e. The number of carbonyl (C=O) groups is 1. The van der Waals surface area contributed by atoms with E-state index in [0.717, 1.165) is 30.3 Å². The molecule has 2 aromatic heterocycles. The number of nitrogens with one attached hydrogen (secondary N) is 1. The molecule has 4 nitrogen and oxygen atoms in total. The lowest BCUT2D eigenvalue weighted by Gasteiger charge is -2.04. The minimum absolute atomic E-state index is 0.132. The Kier molecular flexibility index (Phi) is 4.23. The van der Waals surface area contributed by atoms with Gasteiger partial charge in [-0.2, -0.15) is 0 Å². The molecule has 4 aromatic rings. The molecule has 0 saturated heterocycles. The first-order chi connectivity index (χ1) is 12.0. The van der Waals surface area contributed by atoms with Crippen molar-refractivity contribution in [3.63, 3.8) is 0 Å². The second-order valence-electron chi connectivity index (χ2n) is 5.72. The fraction of sp³-hybridized carbons (Fsp3) is 0.167. The largest absolute Gasteiger partial charge is 0.298 e. The first kappa shape index (κ1) is 16.5. The van der Waals surface area contributed by atoms with Crippen molar-refractivity contribution < 1.29 is 4.79 Å². The van der Waals surface area contributed by atoms with Crippen LogP contribution in [-0.4, -0.2) is 22.1 Å². The monoisotopic (exact) mass is 385 g/mol. The van der Waals surface area contributed by atoms with Crippen molar-refractivity contribution in [3.05, 3.63) is 47.0 Å².